The molecular formula is C26H28O11. The number of hydrogen-bond acceptors (Lipinski definition) is 10. The average molecular weight is 516 g/mol. The molecule has 6 atom stereocenters. The van der Waals surface area contributed by atoms with Gasteiger partial charge in [-0.3, -0.25) is 9.59 Å². The Bertz CT molecular complexity index is 1220. The molecule has 0 amide bonds. The van der Waals surface area contributed by atoms with Crippen LogP contribution in [-0.4, -0.2) is 63.1 Å². The molecule has 1 aromatic rings. The van der Waals surface area contributed by atoms with Gasteiger partial charge in [0.05, 0.1) is 17.4 Å². The summed E-state index contributed by atoms with van der Waals surface area (Å²) < 4.78 is 21.5. The molecule has 0 radical (unpaired) electrons. The number of benzene rings is 1. The summed E-state index contributed by atoms with van der Waals surface area (Å²) in [5.74, 6) is -4.10. The van der Waals surface area contributed by atoms with Gasteiger partial charge in [0, 0.05) is 12.5 Å². The normalized spacial score (nSPS) is 30.1. The third kappa shape index (κ3) is 3.75. The van der Waals surface area contributed by atoms with Crippen molar-refractivity contribution in [2.75, 3.05) is 0 Å². The summed E-state index contributed by atoms with van der Waals surface area (Å²) >= 11 is 0. The number of aliphatic carboxylic acids is 1. The second-order valence-electron chi connectivity index (χ2n) is 10.1. The number of carbonyl (C=O) groups is 4. The van der Waals surface area contributed by atoms with E-state index in [-0.39, 0.29) is 29.6 Å². The molecule has 1 heterocycles. The van der Waals surface area contributed by atoms with Crippen LogP contribution in [0.4, 0.5) is 0 Å². The smallest absolute Gasteiger partial charge is 0.348 e. The Kier molecular flexibility index (Phi) is 5.93. The predicted octanol–water partition coefficient (Wildman–Crippen LogP) is 1.65. The molecule has 3 N–H and O–H groups in total. The molecule has 1 fully saturated rings. The molecule has 11 heteroatoms. The van der Waals surface area contributed by atoms with E-state index in [0.29, 0.717) is 12.8 Å². The van der Waals surface area contributed by atoms with Crippen LogP contribution in [0.15, 0.2) is 24.0 Å². The lowest BCUT2D eigenvalue weighted by atomic mass is 9.47. The van der Waals surface area contributed by atoms with Gasteiger partial charge in [-0.1, -0.05) is 12.5 Å². The number of aromatic hydroxyl groups is 1. The Morgan fingerprint density at radius 2 is 1.97 bits per heavy atom. The first-order valence-corrected chi connectivity index (χ1v) is 12.2. The second-order valence-corrected chi connectivity index (χ2v) is 10.1. The molecule has 0 unspecified atom stereocenters. The van der Waals surface area contributed by atoms with Crippen LogP contribution in [0.1, 0.15) is 57.1 Å². The molecule has 37 heavy (non-hydrogen) atoms. The number of carboxylic acid groups (broad SMARTS) is 1. The van der Waals surface area contributed by atoms with Gasteiger partial charge >= 0.3 is 23.9 Å². The van der Waals surface area contributed by atoms with Crippen LogP contribution in [0, 0.1) is 5.92 Å². The lowest BCUT2D eigenvalue weighted by molar-refractivity contribution is -0.178. The lowest BCUT2D eigenvalue weighted by Gasteiger charge is -2.59. The highest BCUT2D eigenvalue weighted by atomic mass is 16.6. The Morgan fingerprint density at radius 3 is 2.68 bits per heavy atom. The van der Waals surface area contributed by atoms with E-state index >= 15 is 0 Å². The molecule has 1 saturated carbocycles. The third-order valence-corrected chi connectivity index (χ3v) is 8.06. The maximum absolute atomic E-state index is 12.9. The van der Waals surface area contributed by atoms with Crippen molar-refractivity contribution in [3.05, 3.63) is 35.1 Å². The van der Waals surface area contributed by atoms with Crippen molar-refractivity contribution in [3.63, 3.8) is 0 Å². The van der Waals surface area contributed by atoms with Crippen LogP contribution >= 0.6 is 0 Å². The molecule has 3 aliphatic carbocycles. The van der Waals surface area contributed by atoms with Gasteiger partial charge in [0.25, 0.3) is 0 Å². The molecule has 1 aromatic carbocycles. The minimum Gasteiger partial charge on any atom is -0.504 e. The maximum Gasteiger partial charge on any atom is 0.348 e. The summed E-state index contributed by atoms with van der Waals surface area (Å²) in [6, 6.07) is 3.40. The minimum absolute atomic E-state index is 0.0248. The predicted molar refractivity (Wildman–Crippen MR) is 122 cm³/mol. The number of rotatable bonds is 7. The summed E-state index contributed by atoms with van der Waals surface area (Å²) in [5.41, 5.74) is -0.314. The number of aliphatic hydroxyl groups is 1. The number of esters is 3. The summed E-state index contributed by atoms with van der Waals surface area (Å²) in [6.07, 6.45) is -0.146. The third-order valence-electron chi connectivity index (χ3n) is 8.06. The summed E-state index contributed by atoms with van der Waals surface area (Å²) in [7, 11) is 0. The van der Waals surface area contributed by atoms with E-state index in [1.54, 1.807) is 12.1 Å². The number of hydrogen-bond donors (Lipinski definition) is 3. The fraction of sp³-hybridized carbons (Fsp3) is 0.538. The summed E-state index contributed by atoms with van der Waals surface area (Å²) in [6.45, 7) is 2.16. The zero-order valence-corrected chi connectivity index (χ0v) is 20.4. The van der Waals surface area contributed by atoms with Gasteiger partial charge < -0.3 is 34.3 Å². The van der Waals surface area contributed by atoms with Crippen LogP contribution in [-0.2, 0) is 45.2 Å². The van der Waals surface area contributed by atoms with Gasteiger partial charge in [0.2, 0.25) is 6.10 Å². The number of phenols is 1. The van der Waals surface area contributed by atoms with Gasteiger partial charge in [-0.25, -0.2) is 9.59 Å². The van der Waals surface area contributed by atoms with Crippen molar-refractivity contribution in [1.82, 2.24) is 0 Å². The van der Waals surface area contributed by atoms with Gasteiger partial charge in [-0.2, -0.15) is 0 Å². The van der Waals surface area contributed by atoms with E-state index in [1.807, 2.05) is 6.07 Å². The lowest BCUT2D eigenvalue weighted by Crippen LogP contribution is -2.67. The standard InChI is InChI=1S/C26H28O11/c1-12(23(30)31)34-24(32)18(35-13(2)27)11-19(29)36-17-7-9-26(33)15-4-3-8-25(26)20-14(10-15)5-6-16(28)21(20)37-22(17)25/h5-7,12,15,18,22,28,33H,3-4,8-11H2,1-2H3,(H,30,31)/t12-,15+,18-,22-,25-,26+/m0/s1. The van der Waals surface area contributed by atoms with E-state index in [2.05, 4.69) is 0 Å². The first kappa shape index (κ1) is 25.1. The molecule has 198 valence electrons. The number of carboxylic acids is 1. The van der Waals surface area contributed by atoms with Crippen molar-refractivity contribution >= 4 is 23.9 Å². The van der Waals surface area contributed by atoms with Crippen LogP contribution in [0.25, 0.3) is 0 Å². The molecule has 2 bridgehead atoms. The first-order chi connectivity index (χ1) is 17.5. The molecule has 4 aliphatic rings. The van der Waals surface area contributed by atoms with E-state index < -0.39 is 59.6 Å². The molecule has 1 spiro atoms. The highest BCUT2D eigenvalue weighted by molar-refractivity contribution is 5.86. The first-order valence-electron chi connectivity index (χ1n) is 12.2. The molecule has 0 aromatic heterocycles. The zero-order chi connectivity index (χ0) is 26.7. The SMILES string of the molecule is CC(=O)O[C@@H](CC(=O)OC1=CC[C@@]2(O)[C@@H]3CCC[C@@]24c2c(ccc(O)c2O[C@@H]14)C3)C(=O)O[C@@H](C)C(=O)O. The molecule has 1 aliphatic heterocycles. The van der Waals surface area contributed by atoms with E-state index in [4.69, 9.17) is 24.1 Å². The molecule has 0 saturated heterocycles. The summed E-state index contributed by atoms with van der Waals surface area (Å²) in [5, 5.41) is 31.5. The molecule has 11 nitrogen and oxygen atoms in total. The Balaban J connectivity index is 1.41. The molecule has 5 rings (SSSR count). The largest absolute Gasteiger partial charge is 0.504 e. The quantitative estimate of drug-likeness (QED) is 0.356. The van der Waals surface area contributed by atoms with Crippen LogP contribution in [0.5, 0.6) is 11.5 Å². The second kappa shape index (κ2) is 8.76. The maximum atomic E-state index is 12.9. The zero-order valence-electron chi connectivity index (χ0n) is 20.4. The van der Waals surface area contributed by atoms with Crippen molar-refractivity contribution in [1.29, 1.82) is 0 Å². The van der Waals surface area contributed by atoms with E-state index in [9.17, 15) is 29.4 Å². The van der Waals surface area contributed by atoms with Crippen molar-refractivity contribution in [3.8, 4) is 11.5 Å². The van der Waals surface area contributed by atoms with E-state index in [0.717, 1.165) is 37.8 Å². The monoisotopic (exact) mass is 516 g/mol. The highest BCUT2D eigenvalue weighted by Crippen LogP contribution is 2.67. The van der Waals surface area contributed by atoms with E-state index in [1.165, 1.54) is 0 Å². The Hall–Kier alpha value is -3.60. The Morgan fingerprint density at radius 1 is 1.22 bits per heavy atom. The van der Waals surface area contributed by atoms with Crippen molar-refractivity contribution < 1.29 is 53.4 Å². The minimum atomic E-state index is -1.71. The van der Waals surface area contributed by atoms with Crippen molar-refractivity contribution in [2.45, 2.75) is 81.7 Å². The van der Waals surface area contributed by atoms with Gasteiger partial charge in [-0.15, -0.1) is 0 Å². The molecular weight excluding hydrogens is 488 g/mol. The fourth-order valence-corrected chi connectivity index (χ4v) is 6.53. The fourth-order valence-electron chi connectivity index (χ4n) is 6.53. The van der Waals surface area contributed by atoms with Gasteiger partial charge in [0.1, 0.15) is 5.76 Å². The summed E-state index contributed by atoms with van der Waals surface area (Å²) in [4.78, 5) is 47.8. The number of carbonyl (C=O) groups excluding carboxylic acids is 3. The average Bonchev–Trinajstić information content (AvgIpc) is 3.17. The van der Waals surface area contributed by atoms with Gasteiger partial charge in [-0.05, 0) is 56.2 Å². The Labute approximate surface area is 212 Å². The topological polar surface area (TPSA) is 166 Å². The number of ether oxygens (including phenoxy) is 4. The van der Waals surface area contributed by atoms with Crippen LogP contribution < -0.4 is 4.74 Å². The highest BCUT2D eigenvalue weighted by Gasteiger charge is 2.70. The van der Waals surface area contributed by atoms with Crippen molar-refractivity contribution in [2.24, 2.45) is 5.92 Å². The van der Waals surface area contributed by atoms with Crippen LogP contribution in [0.2, 0.25) is 0 Å². The van der Waals surface area contributed by atoms with Gasteiger partial charge in [0.15, 0.2) is 23.7 Å². The number of phenolic OH excluding ortho intramolecular Hbond substituents is 1. The van der Waals surface area contributed by atoms with Crippen LogP contribution in [0.3, 0.4) is 0 Å².